The van der Waals surface area contributed by atoms with Gasteiger partial charge in [-0.25, -0.2) is 0 Å². The zero-order chi connectivity index (χ0) is 31.6. The van der Waals surface area contributed by atoms with Crippen molar-refractivity contribution in [2.75, 3.05) is 0 Å². The minimum atomic E-state index is -4.76. The van der Waals surface area contributed by atoms with E-state index in [1.807, 2.05) is 17.0 Å². The maximum atomic E-state index is 14.0. The fourth-order valence-electron chi connectivity index (χ4n) is 8.42. The van der Waals surface area contributed by atoms with Gasteiger partial charge in [0.15, 0.2) is 0 Å². The van der Waals surface area contributed by atoms with Gasteiger partial charge in [-0.15, -0.1) is 0 Å². The van der Waals surface area contributed by atoms with Gasteiger partial charge in [-0.2, -0.15) is 26.3 Å². The molecular formula is C34H39F6NO3. The summed E-state index contributed by atoms with van der Waals surface area (Å²) in [6.07, 6.45) is -1.98. The highest BCUT2D eigenvalue weighted by molar-refractivity contribution is 5.71. The monoisotopic (exact) mass is 623 g/mol. The Kier molecular flexibility index (Phi) is 8.21. The van der Waals surface area contributed by atoms with Crippen molar-refractivity contribution in [2.24, 2.45) is 17.8 Å². The number of piperidine rings is 2. The summed E-state index contributed by atoms with van der Waals surface area (Å²) in [7, 11) is 0. The van der Waals surface area contributed by atoms with Crippen molar-refractivity contribution in [2.45, 2.75) is 114 Å². The van der Waals surface area contributed by atoms with Gasteiger partial charge in [0.05, 0.1) is 17.0 Å². The summed E-state index contributed by atoms with van der Waals surface area (Å²) in [4.78, 5) is 13.9. The number of halogens is 6. The zero-order valence-corrected chi connectivity index (χ0v) is 24.9. The molecule has 3 fully saturated rings. The number of carboxylic acids is 1. The van der Waals surface area contributed by atoms with Crippen LogP contribution in [0.2, 0.25) is 0 Å². The first-order valence-electron chi connectivity index (χ1n) is 15.8. The number of alkyl halides is 6. The number of carbonyl (C=O) groups is 1. The predicted molar refractivity (Wildman–Crippen MR) is 152 cm³/mol. The van der Waals surface area contributed by atoms with E-state index in [4.69, 9.17) is 4.74 Å². The first-order chi connectivity index (χ1) is 20.7. The second-order valence-electron chi connectivity index (χ2n) is 13.4. The van der Waals surface area contributed by atoms with Crippen molar-refractivity contribution >= 4 is 5.97 Å². The van der Waals surface area contributed by atoms with Crippen molar-refractivity contribution in [3.05, 3.63) is 64.2 Å². The SMILES string of the molecule is C[C@H](C(=O)O)[C@H](c1ccc2c(c1)OC(C1CC3CCCC(C1)N3[C@H](C)c1cc(C(F)(F)F)ccc1C(F)(F)F)CC2)C1CC1. The molecule has 3 aliphatic heterocycles. The van der Waals surface area contributed by atoms with Gasteiger partial charge in [0.1, 0.15) is 11.9 Å². The Hall–Kier alpha value is -2.75. The summed E-state index contributed by atoms with van der Waals surface area (Å²) < 4.78 is 89.2. The number of aryl methyl sites for hydroxylation is 1. The molecule has 2 aromatic rings. The number of fused-ring (bicyclic) bond motifs is 3. The first-order valence-corrected chi connectivity index (χ1v) is 15.8. The molecule has 2 saturated heterocycles. The van der Waals surface area contributed by atoms with Crippen LogP contribution in [-0.2, 0) is 23.6 Å². The normalized spacial score (nSPS) is 28.0. The van der Waals surface area contributed by atoms with Gasteiger partial charge in [-0.1, -0.05) is 25.5 Å². The Morgan fingerprint density at radius 2 is 1.59 bits per heavy atom. The van der Waals surface area contributed by atoms with Crippen molar-refractivity contribution < 1.29 is 41.0 Å². The molecule has 2 aromatic carbocycles. The van der Waals surface area contributed by atoms with Gasteiger partial charge in [-0.05, 0) is 117 Å². The quantitative estimate of drug-likeness (QED) is 0.313. The topological polar surface area (TPSA) is 49.8 Å². The molecule has 4 aliphatic rings. The lowest BCUT2D eigenvalue weighted by Crippen LogP contribution is -2.55. The second-order valence-corrected chi connectivity index (χ2v) is 13.4. The van der Waals surface area contributed by atoms with Gasteiger partial charge in [0.2, 0.25) is 0 Å². The molecule has 6 atom stereocenters. The largest absolute Gasteiger partial charge is 0.490 e. The van der Waals surface area contributed by atoms with Crippen LogP contribution in [0.3, 0.4) is 0 Å². The number of benzene rings is 2. The average Bonchev–Trinajstić information content (AvgIpc) is 3.79. The Labute approximate surface area is 253 Å². The summed E-state index contributed by atoms with van der Waals surface area (Å²) in [5.74, 6) is -0.0472. The van der Waals surface area contributed by atoms with E-state index in [0.717, 1.165) is 61.8 Å². The van der Waals surface area contributed by atoms with Crippen molar-refractivity contribution in [1.82, 2.24) is 4.90 Å². The van der Waals surface area contributed by atoms with E-state index in [1.54, 1.807) is 13.8 Å². The maximum absolute atomic E-state index is 14.0. The van der Waals surface area contributed by atoms with Gasteiger partial charge < -0.3 is 9.84 Å². The third-order valence-corrected chi connectivity index (χ3v) is 10.7. The van der Waals surface area contributed by atoms with Crippen LogP contribution in [0, 0.1) is 17.8 Å². The lowest BCUT2D eigenvalue weighted by molar-refractivity contribution is -0.142. The van der Waals surface area contributed by atoms with E-state index in [0.29, 0.717) is 37.0 Å². The van der Waals surface area contributed by atoms with E-state index in [1.165, 1.54) is 0 Å². The van der Waals surface area contributed by atoms with Crippen LogP contribution in [0.15, 0.2) is 36.4 Å². The highest BCUT2D eigenvalue weighted by Crippen LogP contribution is 2.50. The molecule has 10 heteroatoms. The number of carboxylic acid groups (broad SMARTS) is 1. The molecular weight excluding hydrogens is 584 g/mol. The third kappa shape index (κ3) is 6.07. The van der Waals surface area contributed by atoms with Crippen LogP contribution in [0.25, 0.3) is 0 Å². The third-order valence-electron chi connectivity index (χ3n) is 10.7. The van der Waals surface area contributed by atoms with Crippen LogP contribution in [0.1, 0.15) is 105 Å². The molecule has 0 amide bonds. The van der Waals surface area contributed by atoms with E-state index in [9.17, 15) is 36.2 Å². The number of rotatable bonds is 7. The standard InChI is InChI=1S/C34H39F6NO3/c1-18(32(42)43)31(21-7-8-21)22-9-6-20-10-13-29(44-30(20)16-22)23-14-25-4-3-5-26(15-23)41(25)19(2)27-17-24(33(35,36)37)11-12-28(27)34(38,39)40/h6,9,11-12,16-19,21,23,25-26,29,31H,3-5,7-8,10,13-15H2,1-2H3,(H,42,43)/t18-,19+,23?,25?,26?,29?,31-/m0/s1. The minimum absolute atomic E-state index is 0.0508. The summed E-state index contributed by atoms with van der Waals surface area (Å²) in [5.41, 5.74) is -0.314. The molecule has 6 rings (SSSR count). The fraction of sp³-hybridized carbons (Fsp3) is 0.618. The Morgan fingerprint density at radius 3 is 2.18 bits per heavy atom. The first kappa shape index (κ1) is 31.2. The molecule has 3 heterocycles. The number of ether oxygens (including phenoxy) is 1. The van der Waals surface area contributed by atoms with Gasteiger partial charge >= 0.3 is 18.3 Å². The summed E-state index contributed by atoms with van der Waals surface area (Å²) in [6.45, 7) is 3.37. The highest BCUT2D eigenvalue weighted by atomic mass is 19.4. The molecule has 0 radical (unpaired) electrons. The number of nitrogens with zero attached hydrogens (tertiary/aromatic N) is 1. The van der Waals surface area contributed by atoms with Gasteiger partial charge in [0, 0.05) is 18.1 Å². The summed E-state index contributed by atoms with van der Waals surface area (Å²) in [5, 5.41) is 9.72. The van der Waals surface area contributed by atoms with Crippen LogP contribution < -0.4 is 4.74 Å². The van der Waals surface area contributed by atoms with Gasteiger partial charge in [-0.3, -0.25) is 9.69 Å². The second kappa shape index (κ2) is 11.6. The zero-order valence-electron chi connectivity index (χ0n) is 24.9. The van der Waals surface area contributed by atoms with Crippen LogP contribution in [0.4, 0.5) is 26.3 Å². The van der Waals surface area contributed by atoms with Crippen LogP contribution in [0.5, 0.6) is 5.75 Å². The molecule has 3 unspecified atom stereocenters. The lowest BCUT2D eigenvalue weighted by Gasteiger charge is -2.53. The Morgan fingerprint density at radius 1 is 0.909 bits per heavy atom. The summed E-state index contributed by atoms with van der Waals surface area (Å²) >= 11 is 0. The van der Waals surface area contributed by atoms with E-state index < -0.39 is 41.4 Å². The number of aliphatic carboxylic acids is 1. The molecule has 44 heavy (non-hydrogen) atoms. The lowest BCUT2D eigenvalue weighted by atomic mass is 9.73. The maximum Gasteiger partial charge on any atom is 0.416 e. The van der Waals surface area contributed by atoms with Crippen molar-refractivity contribution in [1.29, 1.82) is 0 Å². The number of hydrogen-bond acceptors (Lipinski definition) is 3. The highest BCUT2D eigenvalue weighted by Gasteiger charge is 2.47. The van der Waals surface area contributed by atoms with Crippen molar-refractivity contribution in [3.8, 4) is 5.75 Å². The molecule has 0 spiro atoms. The van der Waals surface area contributed by atoms with Gasteiger partial charge in [0.25, 0.3) is 0 Å². The molecule has 2 bridgehead atoms. The molecule has 1 saturated carbocycles. The van der Waals surface area contributed by atoms with Crippen LogP contribution >= 0.6 is 0 Å². The molecule has 4 nitrogen and oxygen atoms in total. The van der Waals surface area contributed by atoms with E-state index >= 15 is 0 Å². The van der Waals surface area contributed by atoms with Crippen molar-refractivity contribution in [3.63, 3.8) is 0 Å². The molecule has 1 N–H and O–H groups in total. The van der Waals surface area contributed by atoms with Crippen LogP contribution in [-0.4, -0.2) is 34.2 Å². The molecule has 0 aromatic heterocycles. The average molecular weight is 624 g/mol. The van der Waals surface area contributed by atoms with E-state index in [2.05, 4.69) is 6.07 Å². The Balaban J connectivity index is 1.22. The smallest absolute Gasteiger partial charge is 0.416 e. The van der Waals surface area contributed by atoms with E-state index in [-0.39, 0.29) is 35.6 Å². The molecule has 1 aliphatic carbocycles. The fourth-order valence-corrected chi connectivity index (χ4v) is 8.42. The predicted octanol–water partition coefficient (Wildman–Crippen LogP) is 9.03. The summed E-state index contributed by atoms with van der Waals surface area (Å²) in [6, 6.07) is 6.97. The number of hydrogen-bond donors (Lipinski definition) is 1. The Bertz CT molecular complexity index is 1370. The minimum Gasteiger partial charge on any atom is -0.490 e. The molecule has 240 valence electrons.